The molecule has 1 heterocycles. The molecule has 0 bridgehead atoms. The van der Waals surface area contributed by atoms with Crippen molar-refractivity contribution < 1.29 is 14.3 Å². The van der Waals surface area contributed by atoms with Gasteiger partial charge in [-0.1, -0.05) is 51.5 Å². The molecule has 0 aliphatic carbocycles. The number of carbonyl (C=O) groups excluding carboxylic acids is 2. The van der Waals surface area contributed by atoms with Crippen molar-refractivity contribution in [2.75, 3.05) is 6.61 Å². The van der Waals surface area contributed by atoms with E-state index in [4.69, 9.17) is 9.72 Å². The third-order valence-electron chi connectivity index (χ3n) is 5.80. The summed E-state index contributed by atoms with van der Waals surface area (Å²) in [6, 6.07) is 14.2. The summed E-state index contributed by atoms with van der Waals surface area (Å²) in [5, 5.41) is 1.02. The van der Waals surface area contributed by atoms with Crippen molar-refractivity contribution in [2.45, 2.75) is 72.6 Å². The van der Waals surface area contributed by atoms with Gasteiger partial charge >= 0.3 is 0 Å². The molecular formula is C29H35NO3S. The molecule has 0 aliphatic heterocycles. The van der Waals surface area contributed by atoms with Gasteiger partial charge < -0.3 is 4.74 Å². The fourth-order valence-corrected chi connectivity index (χ4v) is 5.07. The highest BCUT2D eigenvalue weighted by Crippen LogP contribution is 2.33. The van der Waals surface area contributed by atoms with E-state index >= 15 is 0 Å². The van der Waals surface area contributed by atoms with E-state index in [2.05, 4.69) is 45.0 Å². The van der Waals surface area contributed by atoms with Crippen LogP contribution >= 0.6 is 11.3 Å². The maximum Gasteiger partial charge on any atom is 0.167 e. The molecule has 0 fully saturated rings. The minimum absolute atomic E-state index is 0.0307. The number of thiazole rings is 1. The summed E-state index contributed by atoms with van der Waals surface area (Å²) in [6.07, 6.45) is 4.64. The van der Waals surface area contributed by atoms with Gasteiger partial charge in [-0.15, -0.1) is 11.3 Å². The fourth-order valence-electron chi connectivity index (χ4n) is 3.85. The molecular weight excluding hydrogens is 442 g/mol. The van der Waals surface area contributed by atoms with Crippen LogP contribution in [0.15, 0.2) is 42.5 Å². The number of hydrogen-bond donors (Lipinski definition) is 0. The molecule has 3 rings (SSSR count). The second-order valence-corrected chi connectivity index (χ2v) is 10.3. The van der Waals surface area contributed by atoms with Crippen molar-refractivity contribution >= 4 is 22.9 Å². The van der Waals surface area contributed by atoms with E-state index in [-0.39, 0.29) is 18.2 Å². The Morgan fingerprint density at radius 2 is 1.79 bits per heavy atom. The first-order valence-corrected chi connectivity index (χ1v) is 12.9. The predicted molar refractivity (Wildman–Crippen MR) is 140 cm³/mol. The average Bonchev–Trinajstić information content (AvgIpc) is 3.25. The van der Waals surface area contributed by atoms with Gasteiger partial charge in [0.05, 0.1) is 5.69 Å². The number of unbranched alkanes of at least 4 members (excludes halogenated alkanes) is 1. The number of aromatic nitrogens is 1. The van der Waals surface area contributed by atoms with E-state index in [9.17, 15) is 9.59 Å². The molecule has 0 saturated carbocycles. The first-order chi connectivity index (χ1) is 16.3. The smallest absolute Gasteiger partial charge is 0.167 e. The Hall–Kier alpha value is -2.79. The van der Waals surface area contributed by atoms with Gasteiger partial charge in [0.2, 0.25) is 0 Å². The van der Waals surface area contributed by atoms with Gasteiger partial charge in [-0.05, 0) is 68.4 Å². The molecule has 0 amide bonds. The first-order valence-electron chi connectivity index (χ1n) is 12.1. The van der Waals surface area contributed by atoms with Crippen LogP contribution in [-0.4, -0.2) is 23.2 Å². The summed E-state index contributed by atoms with van der Waals surface area (Å²) in [4.78, 5) is 30.2. The van der Waals surface area contributed by atoms with Crippen LogP contribution in [0.3, 0.4) is 0 Å². The zero-order chi connectivity index (χ0) is 24.7. The van der Waals surface area contributed by atoms with Gasteiger partial charge in [0, 0.05) is 22.4 Å². The van der Waals surface area contributed by atoms with Crippen LogP contribution in [0.5, 0.6) is 5.75 Å². The van der Waals surface area contributed by atoms with E-state index < -0.39 is 0 Å². The lowest BCUT2D eigenvalue weighted by Gasteiger charge is -2.09. The van der Waals surface area contributed by atoms with E-state index in [1.54, 1.807) is 23.5 Å². The molecule has 0 saturated heterocycles. The van der Waals surface area contributed by atoms with Gasteiger partial charge in [0.15, 0.2) is 11.6 Å². The summed E-state index contributed by atoms with van der Waals surface area (Å²) in [7, 11) is 0. The maximum atomic E-state index is 12.9. The fraction of sp³-hybridized carbons (Fsp3) is 0.414. The highest BCUT2D eigenvalue weighted by atomic mass is 32.1. The highest BCUT2D eigenvalue weighted by molar-refractivity contribution is 7.15. The van der Waals surface area contributed by atoms with E-state index in [0.717, 1.165) is 28.2 Å². The number of hydrogen-bond acceptors (Lipinski definition) is 5. The summed E-state index contributed by atoms with van der Waals surface area (Å²) in [5.41, 5.74) is 5.13. The molecule has 2 aromatic carbocycles. The monoisotopic (exact) mass is 477 g/mol. The molecule has 0 spiro atoms. The molecule has 1 aromatic heterocycles. The number of ketones is 2. The molecule has 34 heavy (non-hydrogen) atoms. The third-order valence-corrected chi connectivity index (χ3v) is 6.98. The number of ether oxygens (including phenoxy) is 1. The number of nitrogens with zero attached hydrogens (tertiary/aromatic N) is 1. The Bertz CT molecular complexity index is 1130. The molecule has 3 aromatic rings. The Balaban J connectivity index is 1.70. The Kier molecular flexibility index (Phi) is 9.17. The van der Waals surface area contributed by atoms with Crippen LogP contribution < -0.4 is 4.74 Å². The molecule has 0 aliphatic rings. The van der Waals surface area contributed by atoms with Gasteiger partial charge in [-0.2, -0.15) is 0 Å². The summed E-state index contributed by atoms with van der Waals surface area (Å²) in [5.74, 6) is 1.02. The normalized spacial score (nSPS) is 11.1. The minimum Gasteiger partial charge on any atom is -0.486 e. The van der Waals surface area contributed by atoms with Crippen molar-refractivity contribution in [3.05, 3.63) is 69.7 Å². The Morgan fingerprint density at radius 3 is 2.41 bits per heavy atom. The number of Topliss-reactive ketones (excluding diaryl/α,β-unsaturated/α-hetero) is 2. The molecule has 180 valence electrons. The number of rotatable bonds is 12. The summed E-state index contributed by atoms with van der Waals surface area (Å²) < 4.78 is 5.51. The van der Waals surface area contributed by atoms with Crippen molar-refractivity contribution in [1.29, 1.82) is 0 Å². The van der Waals surface area contributed by atoms with Crippen LogP contribution in [0.1, 0.15) is 84.9 Å². The quantitative estimate of drug-likeness (QED) is 0.256. The molecule has 0 atom stereocenters. The van der Waals surface area contributed by atoms with Crippen molar-refractivity contribution in [2.24, 2.45) is 0 Å². The highest BCUT2D eigenvalue weighted by Gasteiger charge is 2.17. The molecule has 0 radical (unpaired) electrons. The molecule has 5 heteroatoms. The van der Waals surface area contributed by atoms with Crippen molar-refractivity contribution in [3.63, 3.8) is 0 Å². The van der Waals surface area contributed by atoms with E-state index in [0.29, 0.717) is 30.1 Å². The van der Waals surface area contributed by atoms with Crippen LogP contribution in [0.2, 0.25) is 0 Å². The Morgan fingerprint density at radius 1 is 1.06 bits per heavy atom. The van der Waals surface area contributed by atoms with Crippen LogP contribution in [0.25, 0.3) is 10.6 Å². The molecule has 4 nitrogen and oxygen atoms in total. The number of carbonyl (C=O) groups is 2. The topological polar surface area (TPSA) is 56.3 Å². The van der Waals surface area contributed by atoms with Crippen LogP contribution in [0.4, 0.5) is 0 Å². The largest absolute Gasteiger partial charge is 0.486 e. The number of aryl methyl sites for hydroxylation is 3. The molecule has 0 N–H and O–H groups in total. The standard InChI is InChI=1S/C29H35NO3S/c1-6-7-8-22-9-11-23(12-10-22)29-30-28(19(2)3)27(34-29)16-14-25(32)24-13-15-26(20(4)17-24)33-18-21(5)31/h9-13,15,17,19H,6-8,14,16,18H2,1-5H3. The maximum absolute atomic E-state index is 12.9. The predicted octanol–water partition coefficient (Wildman–Crippen LogP) is 7.37. The molecule has 0 unspecified atom stereocenters. The SMILES string of the molecule is CCCCc1ccc(-c2nc(C(C)C)c(CCC(=O)c3ccc(OCC(C)=O)c(C)c3)s2)cc1. The second kappa shape index (κ2) is 12.1. The van der Waals surface area contributed by atoms with Crippen molar-refractivity contribution in [3.8, 4) is 16.3 Å². The minimum atomic E-state index is -0.0307. The van der Waals surface area contributed by atoms with Gasteiger partial charge in [-0.25, -0.2) is 4.98 Å². The van der Waals surface area contributed by atoms with Gasteiger partial charge in [0.25, 0.3) is 0 Å². The van der Waals surface area contributed by atoms with Crippen LogP contribution in [-0.2, 0) is 17.6 Å². The summed E-state index contributed by atoms with van der Waals surface area (Å²) >= 11 is 1.70. The third kappa shape index (κ3) is 6.86. The number of benzene rings is 2. The van der Waals surface area contributed by atoms with E-state index in [1.807, 2.05) is 13.0 Å². The van der Waals surface area contributed by atoms with Gasteiger partial charge in [0.1, 0.15) is 17.4 Å². The lowest BCUT2D eigenvalue weighted by molar-refractivity contribution is -0.118. The van der Waals surface area contributed by atoms with Crippen LogP contribution in [0, 0.1) is 6.92 Å². The summed E-state index contributed by atoms with van der Waals surface area (Å²) in [6.45, 7) is 9.95. The first kappa shape index (κ1) is 25.8. The lowest BCUT2D eigenvalue weighted by atomic mass is 10.0. The second-order valence-electron chi connectivity index (χ2n) is 9.18. The zero-order valence-electron chi connectivity index (χ0n) is 20.9. The van der Waals surface area contributed by atoms with Gasteiger partial charge in [-0.3, -0.25) is 9.59 Å². The lowest BCUT2D eigenvalue weighted by Crippen LogP contribution is -2.08. The Labute approximate surface area is 207 Å². The zero-order valence-corrected chi connectivity index (χ0v) is 21.8. The van der Waals surface area contributed by atoms with E-state index in [1.165, 1.54) is 30.2 Å². The van der Waals surface area contributed by atoms with Crippen molar-refractivity contribution in [1.82, 2.24) is 4.98 Å². The average molecular weight is 478 g/mol.